The van der Waals surface area contributed by atoms with E-state index in [2.05, 4.69) is 4.72 Å². The summed E-state index contributed by atoms with van der Waals surface area (Å²) >= 11 is 1.05. The van der Waals surface area contributed by atoms with Gasteiger partial charge in [-0.3, -0.25) is 4.79 Å². The lowest BCUT2D eigenvalue weighted by molar-refractivity contribution is 0.550. The Morgan fingerprint density at radius 3 is 2.50 bits per heavy atom. The number of thiazole rings is 1. The molecule has 138 valence electrons. The number of aryl methyl sites for hydroxylation is 3. The number of benzene rings is 2. The Balaban J connectivity index is 1.96. The van der Waals surface area contributed by atoms with E-state index in [9.17, 15) is 13.2 Å². The van der Waals surface area contributed by atoms with Crippen molar-refractivity contribution >= 4 is 31.6 Å². The summed E-state index contributed by atoms with van der Waals surface area (Å²) in [6.07, 6.45) is 0.642. The third-order valence-electron chi connectivity index (χ3n) is 4.71. The molecule has 3 aromatic rings. The van der Waals surface area contributed by atoms with Gasteiger partial charge in [0.05, 0.1) is 15.1 Å². The molecule has 0 amide bonds. The summed E-state index contributed by atoms with van der Waals surface area (Å²) in [5.74, 6) is 0. The van der Waals surface area contributed by atoms with Crippen molar-refractivity contribution in [2.24, 2.45) is 7.05 Å². The van der Waals surface area contributed by atoms with Gasteiger partial charge in [0, 0.05) is 13.1 Å². The van der Waals surface area contributed by atoms with Gasteiger partial charge < -0.3 is 4.57 Å². The van der Waals surface area contributed by atoms with Crippen LogP contribution in [0, 0.1) is 13.8 Å². The van der Waals surface area contributed by atoms with Gasteiger partial charge in [0.1, 0.15) is 0 Å². The fraction of sp³-hybridized carbons (Fsp3) is 0.316. The largest absolute Gasteiger partial charge is 0.307 e. The summed E-state index contributed by atoms with van der Waals surface area (Å²) in [6.45, 7) is 6.00. The van der Waals surface area contributed by atoms with Crippen LogP contribution in [0.15, 0.2) is 46.1 Å². The van der Waals surface area contributed by atoms with E-state index in [4.69, 9.17) is 0 Å². The maximum absolute atomic E-state index is 12.9. The lowest BCUT2D eigenvalue weighted by Gasteiger charge is -2.19. The van der Waals surface area contributed by atoms with E-state index >= 15 is 0 Å². The van der Waals surface area contributed by atoms with Gasteiger partial charge in [-0.1, -0.05) is 36.5 Å². The van der Waals surface area contributed by atoms with Gasteiger partial charge in [-0.05, 0) is 55.2 Å². The zero-order valence-electron chi connectivity index (χ0n) is 15.2. The van der Waals surface area contributed by atoms with Gasteiger partial charge in [0.2, 0.25) is 10.0 Å². The molecule has 1 atom stereocenters. The minimum atomic E-state index is -3.69. The molecule has 0 radical (unpaired) electrons. The second-order valence-corrected chi connectivity index (χ2v) is 9.19. The Kier molecular flexibility index (Phi) is 5.05. The van der Waals surface area contributed by atoms with Crippen molar-refractivity contribution in [1.82, 2.24) is 9.29 Å². The Bertz CT molecular complexity index is 1130. The first kappa shape index (κ1) is 18.8. The van der Waals surface area contributed by atoms with Crippen LogP contribution >= 0.6 is 11.3 Å². The second kappa shape index (κ2) is 6.98. The average molecular weight is 391 g/mol. The number of hydrogen-bond donors (Lipinski definition) is 1. The van der Waals surface area contributed by atoms with Crippen molar-refractivity contribution in [2.75, 3.05) is 0 Å². The van der Waals surface area contributed by atoms with Crippen molar-refractivity contribution in [3.63, 3.8) is 0 Å². The average Bonchev–Trinajstić information content (AvgIpc) is 2.89. The van der Waals surface area contributed by atoms with Crippen LogP contribution in [0.3, 0.4) is 0 Å². The summed E-state index contributed by atoms with van der Waals surface area (Å²) in [4.78, 5) is 11.9. The molecule has 1 aromatic heterocycles. The summed E-state index contributed by atoms with van der Waals surface area (Å²) in [7, 11) is -2.01. The second-order valence-electron chi connectivity index (χ2n) is 6.48. The predicted molar refractivity (Wildman–Crippen MR) is 106 cm³/mol. The van der Waals surface area contributed by atoms with E-state index in [0.717, 1.165) is 28.0 Å². The minimum absolute atomic E-state index is 0.107. The van der Waals surface area contributed by atoms with E-state index in [1.54, 1.807) is 25.2 Å². The molecule has 5 nitrogen and oxygen atoms in total. The third-order valence-corrected chi connectivity index (χ3v) is 7.18. The Labute approximate surface area is 157 Å². The summed E-state index contributed by atoms with van der Waals surface area (Å²) < 4.78 is 30.7. The molecule has 1 N–H and O–H groups in total. The van der Waals surface area contributed by atoms with Crippen molar-refractivity contribution in [2.45, 2.75) is 38.1 Å². The molecule has 26 heavy (non-hydrogen) atoms. The van der Waals surface area contributed by atoms with Crippen LogP contribution in [0.4, 0.5) is 0 Å². The quantitative estimate of drug-likeness (QED) is 0.723. The predicted octanol–water partition coefficient (Wildman–Crippen LogP) is 3.65. The topological polar surface area (TPSA) is 68.2 Å². The number of aromatic nitrogens is 1. The van der Waals surface area contributed by atoms with Crippen LogP contribution in [0.25, 0.3) is 10.2 Å². The van der Waals surface area contributed by atoms with E-state index in [1.165, 1.54) is 10.1 Å². The number of hydrogen-bond acceptors (Lipinski definition) is 4. The van der Waals surface area contributed by atoms with Crippen LogP contribution in [-0.4, -0.2) is 13.0 Å². The molecule has 0 spiro atoms. The fourth-order valence-electron chi connectivity index (χ4n) is 2.91. The van der Waals surface area contributed by atoms with Crippen molar-refractivity contribution in [3.8, 4) is 0 Å². The van der Waals surface area contributed by atoms with Gasteiger partial charge in [-0.25, -0.2) is 13.1 Å². The SMILES string of the molecule is CC[C@H](NS(=O)(=O)c1ccc2c(c1)sc(=O)n2C)c1ccc(C)c(C)c1. The van der Waals surface area contributed by atoms with Crippen molar-refractivity contribution in [3.05, 3.63) is 62.8 Å². The van der Waals surface area contributed by atoms with Crippen LogP contribution < -0.4 is 9.60 Å². The molecule has 0 saturated carbocycles. The lowest BCUT2D eigenvalue weighted by Crippen LogP contribution is -2.28. The number of sulfonamides is 1. The number of nitrogens with one attached hydrogen (secondary N) is 1. The molecular formula is C19H22N2O3S2. The molecule has 0 aliphatic heterocycles. The van der Waals surface area contributed by atoms with E-state index in [1.807, 2.05) is 39.0 Å². The van der Waals surface area contributed by atoms with Crippen LogP contribution in [-0.2, 0) is 17.1 Å². The molecule has 2 aromatic carbocycles. The molecule has 0 bridgehead atoms. The number of fused-ring (bicyclic) bond motifs is 1. The maximum Gasteiger partial charge on any atom is 0.307 e. The molecule has 0 fully saturated rings. The standard InChI is InChI=1S/C19H22N2O3S2/c1-5-16(14-7-6-12(2)13(3)10-14)20-26(23,24)15-8-9-17-18(11-15)25-19(22)21(17)4/h6-11,16,20H,5H2,1-4H3/t16-/m0/s1. The van der Waals surface area contributed by atoms with Gasteiger partial charge in [-0.15, -0.1) is 0 Å². The summed E-state index contributed by atoms with van der Waals surface area (Å²) in [5.41, 5.74) is 4.00. The highest BCUT2D eigenvalue weighted by molar-refractivity contribution is 7.89. The third kappa shape index (κ3) is 3.47. The van der Waals surface area contributed by atoms with Crippen molar-refractivity contribution in [1.29, 1.82) is 0 Å². The first-order chi connectivity index (χ1) is 12.2. The zero-order valence-corrected chi connectivity index (χ0v) is 16.9. The van der Waals surface area contributed by atoms with Crippen molar-refractivity contribution < 1.29 is 8.42 Å². The normalized spacial score (nSPS) is 13.2. The van der Waals surface area contributed by atoms with Crippen LogP contribution in [0.1, 0.15) is 36.1 Å². The monoisotopic (exact) mass is 390 g/mol. The van der Waals surface area contributed by atoms with Gasteiger partial charge in [-0.2, -0.15) is 0 Å². The summed E-state index contributed by atoms with van der Waals surface area (Å²) in [5, 5.41) is 0. The Morgan fingerprint density at radius 2 is 1.85 bits per heavy atom. The zero-order chi connectivity index (χ0) is 19.1. The number of nitrogens with zero attached hydrogens (tertiary/aromatic N) is 1. The van der Waals surface area contributed by atoms with Gasteiger partial charge in [0.25, 0.3) is 0 Å². The lowest BCUT2D eigenvalue weighted by atomic mass is 10.0. The van der Waals surface area contributed by atoms with Crippen LogP contribution in [0.2, 0.25) is 0 Å². The van der Waals surface area contributed by atoms with E-state index in [-0.39, 0.29) is 15.8 Å². The highest BCUT2D eigenvalue weighted by atomic mass is 32.2. The Morgan fingerprint density at radius 1 is 1.12 bits per heavy atom. The van der Waals surface area contributed by atoms with Gasteiger partial charge in [0.15, 0.2) is 0 Å². The highest BCUT2D eigenvalue weighted by Gasteiger charge is 2.21. The molecule has 0 aliphatic rings. The first-order valence-corrected chi connectivity index (χ1v) is 10.7. The molecule has 7 heteroatoms. The summed E-state index contributed by atoms with van der Waals surface area (Å²) in [6, 6.07) is 10.5. The minimum Gasteiger partial charge on any atom is -0.302 e. The van der Waals surface area contributed by atoms with Crippen LogP contribution in [0.5, 0.6) is 0 Å². The van der Waals surface area contributed by atoms with E-state index < -0.39 is 10.0 Å². The fourth-order valence-corrected chi connectivity index (χ4v) is 5.23. The van der Waals surface area contributed by atoms with E-state index in [0.29, 0.717) is 11.1 Å². The molecule has 0 aliphatic carbocycles. The maximum atomic E-state index is 12.9. The molecular weight excluding hydrogens is 368 g/mol. The number of rotatable bonds is 5. The highest BCUT2D eigenvalue weighted by Crippen LogP contribution is 2.25. The molecule has 1 heterocycles. The smallest absolute Gasteiger partial charge is 0.302 e. The molecule has 0 saturated heterocycles. The Hall–Kier alpha value is -1.96. The molecule has 3 rings (SSSR count). The first-order valence-electron chi connectivity index (χ1n) is 8.42. The van der Waals surface area contributed by atoms with Gasteiger partial charge >= 0.3 is 4.87 Å². The molecule has 0 unspecified atom stereocenters.